The molecule has 10 nitrogen and oxygen atoms in total. The smallest absolute Gasteiger partial charge is 0.254 e. The summed E-state index contributed by atoms with van der Waals surface area (Å²) in [7, 11) is 0. The number of aliphatic hydroxyl groups is 1. The Hall–Kier alpha value is -2.60. The highest BCUT2D eigenvalue weighted by Crippen LogP contribution is 2.71. The van der Waals surface area contributed by atoms with Gasteiger partial charge in [-0.25, -0.2) is 4.68 Å². The number of carbonyl (C=O) groups excluding carboxylic acids is 1. The van der Waals surface area contributed by atoms with Gasteiger partial charge in [0.15, 0.2) is 13.6 Å². The van der Waals surface area contributed by atoms with Crippen LogP contribution in [0.4, 0.5) is 0 Å². The van der Waals surface area contributed by atoms with E-state index in [0.29, 0.717) is 56.7 Å². The second kappa shape index (κ2) is 9.95. The molecule has 1 N–H and O–H groups in total. The molecule has 7 aliphatic rings. The van der Waals surface area contributed by atoms with Crippen LogP contribution in [0.1, 0.15) is 67.6 Å². The zero-order chi connectivity index (χ0) is 30.6. The number of amides is 1. The van der Waals surface area contributed by atoms with Gasteiger partial charge in [-0.15, -0.1) is 0 Å². The lowest BCUT2D eigenvalue weighted by atomic mass is 9.45. The predicted molar refractivity (Wildman–Crippen MR) is 162 cm³/mol. The molecular weight excluding hydrogens is 574 g/mol. The highest BCUT2D eigenvalue weighted by atomic mass is 16.9. The van der Waals surface area contributed by atoms with Crippen LogP contribution in [0.25, 0.3) is 11.8 Å². The Kier molecular flexibility index (Phi) is 6.33. The van der Waals surface area contributed by atoms with Gasteiger partial charge in [-0.3, -0.25) is 4.79 Å². The Bertz CT molecular complexity index is 1550. The van der Waals surface area contributed by atoms with Gasteiger partial charge in [0, 0.05) is 24.1 Å². The highest BCUT2D eigenvalue weighted by Gasteiger charge is 2.76. The van der Waals surface area contributed by atoms with Crippen molar-refractivity contribution in [1.82, 2.24) is 14.7 Å². The summed E-state index contributed by atoms with van der Waals surface area (Å²) in [4.78, 5) is 15.1. The summed E-state index contributed by atoms with van der Waals surface area (Å²) in [6, 6.07) is 7.81. The van der Waals surface area contributed by atoms with E-state index in [2.05, 4.69) is 19.9 Å². The lowest BCUT2D eigenvalue weighted by Gasteiger charge is -2.61. The maximum absolute atomic E-state index is 13.2. The fraction of sp³-hybridized carbons (Fsp3) is 0.657. The molecule has 8 atom stereocenters. The van der Waals surface area contributed by atoms with Crippen LogP contribution in [-0.2, 0) is 30.1 Å². The zero-order valence-corrected chi connectivity index (χ0v) is 26.2. The lowest BCUT2D eigenvalue weighted by Crippen LogP contribution is -2.66. The fourth-order valence-electron chi connectivity index (χ4n) is 11.1. The molecule has 3 saturated heterocycles. The van der Waals surface area contributed by atoms with Crippen LogP contribution in [0.2, 0.25) is 0 Å². The number of ether oxygens (including phenoxy) is 5. The van der Waals surface area contributed by atoms with Crippen LogP contribution in [0.5, 0.6) is 0 Å². The molecule has 0 radical (unpaired) electrons. The minimum absolute atomic E-state index is 0.0323. The number of aromatic nitrogens is 2. The molecule has 9 rings (SSSR count). The topological polar surface area (TPSA) is 105 Å². The van der Waals surface area contributed by atoms with Crippen molar-refractivity contribution in [2.24, 2.45) is 28.6 Å². The SMILES string of the molecule is C[C@]12Cc3cnn(-c4cccc(C(=O)N5CCOCC5)c4)c3C=C1CC[C@@H]1[C@@H]2[C@@H](O)C[C@@]2(C)[C@H]1CC[C@@]21OCOC12COCO2. The Morgan fingerprint density at radius 3 is 2.73 bits per heavy atom. The van der Waals surface area contributed by atoms with Crippen molar-refractivity contribution in [2.75, 3.05) is 46.5 Å². The number of rotatable bonds is 2. The first-order valence-electron chi connectivity index (χ1n) is 16.7. The number of aliphatic hydroxyl groups excluding tert-OH is 1. The second-order valence-electron chi connectivity index (χ2n) is 14.8. The van der Waals surface area contributed by atoms with Gasteiger partial charge < -0.3 is 33.7 Å². The summed E-state index contributed by atoms with van der Waals surface area (Å²) >= 11 is 0. The molecule has 3 saturated carbocycles. The van der Waals surface area contributed by atoms with E-state index in [1.165, 1.54) is 11.1 Å². The van der Waals surface area contributed by atoms with Crippen molar-refractivity contribution < 1.29 is 33.6 Å². The van der Waals surface area contributed by atoms with E-state index in [-0.39, 0.29) is 36.2 Å². The Labute approximate surface area is 263 Å². The molecule has 6 fully saturated rings. The summed E-state index contributed by atoms with van der Waals surface area (Å²) < 4.78 is 32.0. The van der Waals surface area contributed by atoms with Gasteiger partial charge >= 0.3 is 0 Å². The van der Waals surface area contributed by atoms with Crippen LogP contribution in [0.15, 0.2) is 36.0 Å². The molecule has 10 heteroatoms. The number of hydrogen-bond acceptors (Lipinski definition) is 8. The standard InChI is InChI=1S/C35H43N3O7/c1-32-16-23-18-36-38(25-5-3-4-22(14-25)31(40)37-10-12-41-13-11-37)28(23)15-24(32)6-7-26-27-8-9-34(33(27,2)17-29(39)30(26)32)35(45-21-43-34)19-42-20-44-35/h3-5,14-15,18,26-27,29-30,39H,6-13,16-17,19-21H2,1-2H3/t26-,27-,29-,30+,32-,33-,34+,35?/m0/s1. The summed E-state index contributed by atoms with van der Waals surface area (Å²) in [5, 5.41) is 17.0. The number of benzene rings is 1. The van der Waals surface area contributed by atoms with Crippen molar-refractivity contribution in [3.05, 3.63) is 52.9 Å². The number of hydrogen-bond donors (Lipinski definition) is 1. The molecule has 4 aliphatic carbocycles. The largest absolute Gasteiger partial charge is 0.393 e. The minimum atomic E-state index is -0.884. The van der Waals surface area contributed by atoms with Gasteiger partial charge in [-0.05, 0) is 91.5 Å². The molecule has 1 aromatic heterocycles. The maximum Gasteiger partial charge on any atom is 0.254 e. The normalized spacial score (nSPS) is 41.9. The summed E-state index contributed by atoms with van der Waals surface area (Å²) in [6.07, 6.45) is 9.28. The molecular formula is C35H43N3O7. The molecule has 4 heterocycles. The molecule has 1 amide bonds. The van der Waals surface area contributed by atoms with E-state index in [1.807, 2.05) is 40.0 Å². The van der Waals surface area contributed by atoms with Gasteiger partial charge in [-0.2, -0.15) is 5.10 Å². The van der Waals surface area contributed by atoms with E-state index < -0.39 is 17.5 Å². The Balaban J connectivity index is 1.02. The molecule has 0 bridgehead atoms. The summed E-state index contributed by atoms with van der Waals surface area (Å²) in [6.45, 7) is 7.88. The average molecular weight is 618 g/mol. The maximum atomic E-state index is 13.2. The van der Waals surface area contributed by atoms with E-state index in [9.17, 15) is 9.90 Å². The average Bonchev–Trinajstić information content (AvgIpc) is 3.83. The number of fused-ring (bicyclic) bond motifs is 8. The molecule has 1 unspecified atom stereocenters. The first kappa shape index (κ1) is 28.6. The Morgan fingerprint density at radius 2 is 1.91 bits per heavy atom. The predicted octanol–water partition coefficient (Wildman–Crippen LogP) is 3.94. The van der Waals surface area contributed by atoms with Gasteiger partial charge in [0.05, 0.1) is 36.9 Å². The van der Waals surface area contributed by atoms with E-state index in [0.717, 1.165) is 43.5 Å². The number of allylic oxidation sites excluding steroid dienone is 1. The highest BCUT2D eigenvalue weighted by molar-refractivity contribution is 5.94. The summed E-state index contributed by atoms with van der Waals surface area (Å²) in [5.74, 6) is 0.0809. The van der Waals surface area contributed by atoms with Crippen LogP contribution >= 0.6 is 0 Å². The number of carbonyl (C=O) groups is 1. The van der Waals surface area contributed by atoms with Crippen molar-refractivity contribution in [2.45, 2.75) is 69.9 Å². The van der Waals surface area contributed by atoms with E-state index >= 15 is 0 Å². The van der Waals surface area contributed by atoms with Gasteiger partial charge in [0.25, 0.3) is 5.91 Å². The summed E-state index contributed by atoms with van der Waals surface area (Å²) in [5.41, 5.74) is 4.20. The van der Waals surface area contributed by atoms with Crippen LogP contribution in [0, 0.1) is 28.6 Å². The zero-order valence-electron chi connectivity index (χ0n) is 26.2. The van der Waals surface area contributed by atoms with Crippen molar-refractivity contribution in [3.8, 4) is 5.69 Å². The molecule has 240 valence electrons. The van der Waals surface area contributed by atoms with Crippen molar-refractivity contribution in [1.29, 1.82) is 0 Å². The molecule has 45 heavy (non-hydrogen) atoms. The molecule has 1 aromatic carbocycles. The fourth-order valence-corrected chi connectivity index (χ4v) is 11.1. The quantitative estimate of drug-likeness (QED) is 0.541. The number of nitrogens with zero attached hydrogens (tertiary/aromatic N) is 3. The Morgan fingerprint density at radius 1 is 1.07 bits per heavy atom. The molecule has 2 aromatic rings. The van der Waals surface area contributed by atoms with Crippen LogP contribution in [0.3, 0.4) is 0 Å². The van der Waals surface area contributed by atoms with Crippen LogP contribution in [-0.4, -0.2) is 89.7 Å². The third-order valence-electron chi connectivity index (χ3n) is 13.1. The molecule has 3 aliphatic heterocycles. The van der Waals surface area contributed by atoms with Gasteiger partial charge in [-0.1, -0.05) is 25.5 Å². The van der Waals surface area contributed by atoms with Gasteiger partial charge in [0.2, 0.25) is 5.79 Å². The lowest BCUT2D eigenvalue weighted by molar-refractivity contribution is -0.257. The van der Waals surface area contributed by atoms with Crippen molar-refractivity contribution in [3.63, 3.8) is 0 Å². The van der Waals surface area contributed by atoms with E-state index in [1.54, 1.807) is 0 Å². The third-order valence-corrected chi connectivity index (χ3v) is 13.1. The molecule has 2 spiro atoms. The number of morpholine rings is 1. The monoisotopic (exact) mass is 617 g/mol. The van der Waals surface area contributed by atoms with E-state index in [4.69, 9.17) is 28.8 Å². The first-order valence-corrected chi connectivity index (χ1v) is 16.7. The third kappa shape index (κ3) is 3.78. The van der Waals surface area contributed by atoms with Crippen LogP contribution < -0.4 is 0 Å². The van der Waals surface area contributed by atoms with Gasteiger partial charge in [0.1, 0.15) is 12.2 Å². The second-order valence-corrected chi connectivity index (χ2v) is 14.8. The first-order chi connectivity index (χ1) is 21.8. The van der Waals surface area contributed by atoms with Crippen molar-refractivity contribution >= 4 is 12.0 Å². The minimum Gasteiger partial charge on any atom is -0.393 e.